The molecule has 0 aromatic carbocycles. The monoisotopic (exact) mass is 995 g/mol. The molecule has 2 saturated heterocycles. The van der Waals surface area contributed by atoms with Crippen LogP contribution in [-0.4, -0.2) is 150 Å². The molecule has 0 aromatic rings. The van der Waals surface area contributed by atoms with Gasteiger partial charge in [0.1, 0.15) is 48.8 Å². The van der Waals surface area contributed by atoms with Crippen molar-refractivity contribution in [2.24, 2.45) is 45.3 Å². The van der Waals surface area contributed by atoms with Crippen LogP contribution in [0, 0.1) is 45.3 Å². The minimum Gasteiger partial charge on any atom is -0.394 e. The van der Waals surface area contributed by atoms with Gasteiger partial charge in [0, 0.05) is 0 Å². The van der Waals surface area contributed by atoms with E-state index in [1.165, 1.54) is 5.57 Å². The van der Waals surface area contributed by atoms with Gasteiger partial charge in [0.25, 0.3) is 0 Å². The topological polar surface area (TPSA) is 239 Å². The van der Waals surface area contributed by atoms with Crippen molar-refractivity contribution in [2.75, 3.05) is 13.2 Å². The second-order valence-corrected chi connectivity index (χ2v) is 20.3. The van der Waals surface area contributed by atoms with Crippen molar-refractivity contribution in [3.63, 3.8) is 0 Å². The van der Waals surface area contributed by atoms with Crippen molar-refractivity contribution in [3.8, 4) is 0 Å². The number of hydrogen-bond donors (Lipinski definition) is 10. The average molecular weight is 996 g/mol. The Hall–Kier alpha value is -0.132. The molecule has 0 aromatic heterocycles. The molecule has 0 radical (unpaired) electrons. The van der Waals surface area contributed by atoms with Gasteiger partial charge in [0.15, 0.2) is 12.6 Å². The van der Waals surface area contributed by atoms with Crippen LogP contribution in [0.25, 0.3) is 0 Å². The molecule has 21 atom stereocenters. The summed E-state index contributed by atoms with van der Waals surface area (Å²) in [5, 5.41) is 110. The molecule has 57 heavy (non-hydrogen) atoms. The molecule has 2 aliphatic heterocycles. The van der Waals surface area contributed by atoms with E-state index in [9.17, 15) is 51.1 Å². The third-order valence-corrected chi connectivity index (χ3v) is 16.5. The van der Waals surface area contributed by atoms with E-state index in [2.05, 4.69) is 26.8 Å². The quantitative estimate of drug-likeness (QED) is 0.109. The molecule has 10 N–H and O–H groups in total. The fourth-order valence-corrected chi connectivity index (χ4v) is 13.4. The van der Waals surface area contributed by atoms with Crippen LogP contribution in [0.2, 0.25) is 0 Å². The molecular formula is C42H72O14Pt+4. The van der Waals surface area contributed by atoms with E-state index in [0.29, 0.717) is 32.1 Å². The van der Waals surface area contributed by atoms with Crippen molar-refractivity contribution in [2.45, 2.75) is 192 Å². The molecule has 6 rings (SSSR count). The van der Waals surface area contributed by atoms with Crippen LogP contribution in [0.5, 0.6) is 0 Å². The summed E-state index contributed by atoms with van der Waals surface area (Å²) in [7, 11) is 0. The third kappa shape index (κ3) is 7.94. The molecule has 4 aliphatic carbocycles. The van der Waals surface area contributed by atoms with Crippen LogP contribution < -0.4 is 0 Å². The van der Waals surface area contributed by atoms with E-state index >= 15 is 0 Å². The Balaban J connectivity index is 0.00000620. The Kier molecular flexibility index (Phi) is 14.5. The second-order valence-electron chi connectivity index (χ2n) is 20.3. The molecule has 2 heterocycles. The summed E-state index contributed by atoms with van der Waals surface area (Å²) in [6.07, 6.45) is -10.6. The molecule has 330 valence electrons. The van der Waals surface area contributed by atoms with Crippen molar-refractivity contribution in [3.05, 3.63) is 11.6 Å². The van der Waals surface area contributed by atoms with Crippen molar-refractivity contribution in [1.82, 2.24) is 0 Å². The molecule has 15 heteroatoms. The van der Waals surface area contributed by atoms with Crippen LogP contribution in [-0.2, 0) is 40.0 Å². The Morgan fingerprint density at radius 3 is 1.96 bits per heavy atom. The summed E-state index contributed by atoms with van der Waals surface area (Å²) in [6, 6.07) is 0. The van der Waals surface area contributed by atoms with E-state index < -0.39 is 120 Å². The summed E-state index contributed by atoms with van der Waals surface area (Å²) < 4.78 is 24.9. The van der Waals surface area contributed by atoms with Gasteiger partial charge in [-0.3, -0.25) is 0 Å². The van der Waals surface area contributed by atoms with Gasteiger partial charge in [-0.15, -0.1) is 0 Å². The Morgan fingerprint density at radius 2 is 1.37 bits per heavy atom. The smallest absolute Gasteiger partial charge is 0.394 e. The van der Waals surface area contributed by atoms with Gasteiger partial charge in [-0.05, 0) is 117 Å². The number of fused-ring (bicyclic) bond motifs is 5. The third-order valence-electron chi connectivity index (χ3n) is 16.5. The molecule has 6 aliphatic rings. The van der Waals surface area contributed by atoms with Gasteiger partial charge >= 0.3 is 21.1 Å². The first-order chi connectivity index (χ1) is 26.0. The zero-order valence-corrected chi connectivity index (χ0v) is 37.2. The molecular weight excluding hydrogens is 924 g/mol. The molecule has 0 spiro atoms. The van der Waals surface area contributed by atoms with E-state index in [0.717, 1.165) is 19.3 Å². The van der Waals surface area contributed by atoms with Gasteiger partial charge in [0.2, 0.25) is 0 Å². The molecule has 14 nitrogen and oxygen atoms in total. The SMILES string of the molecule is CC(C)=CCC[C@](C)(O)[C@H]1CC[C@]2(C)C1[C@H](O)CC1[C@@]3(C)CC[C@H](O)C(C)(C)[C@@H]3[C@@H](O[C@@H]3O[C@H](CO)[C@@H](O)[C@H](O)[C@H]3O[C@@H]3O[C@H](CO)[C@@H](O)[C@H](O)[C@H]3O)C[C@]12C.[Pt+4]. The predicted octanol–water partition coefficient (Wildman–Crippen LogP) is 1.12. The fraction of sp³-hybridized carbons (Fsp3) is 0.952. The fourth-order valence-electron chi connectivity index (χ4n) is 13.4. The molecule has 2 unspecified atom stereocenters. The first-order valence-corrected chi connectivity index (χ1v) is 21.0. The number of rotatable bonds is 10. The van der Waals surface area contributed by atoms with Gasteiger partial charge in [-0.1, -0.05) is 46.3 Å². The maximum atomic E-state index is 12.3. The number of allylic oxidation sites excluding steroid dienone is 2. The second kappa shape index (κ2) is 17.2. The van der Waals surface area contributed by atoms with Crippen molar-refractivity contribution >= 4 is 0 Å². The largest absolute Gasteiger partial charge is 4.00 e. The van der Waals surface area contributed by atoms with Gasteiger partial charge in [0.05, 0.1) is 37.1 Å². The van der Waals surface area contributed by atoms with E-state index in [-0.39, 0.29) is 44.7 Å². The van der Waals surface area contributed by atoms with E-state index in [4.69, 9.17) is 18.9 Å². The first kappa shape index (κ1) is 47.9. The summed E-state index contributed by atoms with van der Waals surface area (Å²) in [6.45, 7) is 15.5. The minimum absolute atomic E-state index is 0. The van der Waals surface area contributed by atoms with Gasteiger partial charge < -0.3 is 70.0 Å². The van der Waals surface area contributed by atoms with Gasteiger partial charge in [-0.2, -0.15) is 0 Å². The zero-order valence-electron chi connectivity index (χ0n) is 34.9. The molecule has 0 bridgehead atoms. The maximum absolute atomic E-state index is 12.3. The maximum Gasteiger partial charge on any atom is 4.00 e. The number of ether oxygens (including phenoxy) is 4. The average Bonchev–Trinajstić information content (AvgIpc) is 3.51. The Labute approximate surface area is 352 Å². The summed E-state index contributed by atoms with van der Waals surface area (Å²) in [5.74, 6) is -0.623. The Morgan fingerprint density at radius 1 is 0.772 bits per heavy atom. The van der Waals surface area contributed by atoms with Crippen LogP contribution >= 0.6 is 0 Å². The van der Waals surface area contributed by atoms with Crippen LogP contribution in [0.3, 0.4) is 0 Å². The van der Waals surface area contributed by atoms with Crippen molar-refractivity contribution in [1.29, 1.82) is 0 Å². The molecule has 4 saturated carbocycles. The predicted molar refractivity (Wildman–Crippen MR) is 202 cm³/mol. The van der Waals surface area contributed by atoms with Crippen LogP contribution in [0.15, 0.2) is 11.6 Å². The standard InChI is InChI=1S/C42H72O14.Pt/c1-20(2)10-9-13-42(8,52)21-11-15-40(6)28(21)22(45)16-26-39(5)14-12-27(46)38(3,4)35(39)23(17-41(26,40)7)53-37-34(32(50)30(48)25(19-44)55-37)56-36-33(51)31(49)29(47)24(18-43)54-36;/h10,21-37,43-52H,9,11-19H2,1-8H3;/q;+4/t21-,22+,23-,24+,25+,26?,27-,28?,29+,30+,31-,32-,33+,34+,35-,36-,37+,39+,40+,41+,42-;/m0./s1. The van der Waals surface area contributed by atoms with Crippen molar-refractivity contribution < 1.29 is 91.1 Å². The molecule has 6 fully saturated rings. The normalized spacial score (nSPS) is 51.7. The van der Waals surface area contributed by atoms with E-state index in [1.54, 1.807) is 0 Å². The van der Waals surface area contributed by atoms with Crippen LogP contribution in [0.4, 0.5) is 0 Å². The van der Waals surface area contributed by atoms with E-state index in [1.807, 2.05) is 34.6 Å². The summed E-state index contributed by atoms with van der Waals surface area (Å²) in [5.41, 5.74) is -1.85. The zero-order chi connectivity index (χ0) is 41.5. The Bertz CT molecular complexity index is 1410. The number of hydrogen-bond acceptors (Lipinski definition) is 14. The summed E-state index contributed by atoms with van der Waals surface area (Å²) in [4.78, 5) is 0. The number of aliphatic hydroxyl groups excluding tert-OH is 9. The molecule has 0 amide bonds. The van der Waals surface area contributed by atoms with Gasteiger partial charge in [-0.25, -0.2) is 0 Å². The number of aliphatic hydroxyl groups is 10. The van der Waals surface area contributed by atoms with Crippen LogP contribution in [0.1, 0.15) is 107 Å². The minimum atomic E-state index is -1.81. The summed E-state index contributed by atoms with van der Waals surface area (Å²) >= 11 is 0. The first-order valence-electron chi connectivity index (χ1n) is 21.0.